The summed E-state index contributed by atoms with van der Waals surface area (Å²) in [7, 11) is 0. The number of rotatable bonds is 3. The van der Waals surface area contributed by atoms with Crippen LogP contribution >= 0.6 is 11.6 Å². The number of carbonyl (C=O) groups is 1. The summed E-state index contributed by atoms with van der Waals surface area (Å²) in [5.41, 5.74) is 2.68. The quantitative estimate of drug-likeness (QED) is 0.611. The van der Waals surface area contributed by atoms with Gasteiger partial charge in [0.25, 0.3) is 0 Å². The average molecular weight is 244 g/mol. The second-order valence-electron chi connectivity index (χ2n) is 3.47. The zero-order valence-corrected chi connectivity index (χ0v) is 9.76. The Kier molecular flexibility index (Phi) is 3.68. The number of aromatic nitrogens is 1. The zero-order valence-electron chi connectivity index (χ0n) is 9.01. The van der Waals surface area contributed by atoms with E-state index < -0.39 is 0 Å². The molecule has 3 heteroatoms. The van der Waals surface area contributed by atoms with Crippen molar-refractivity contribution in [2.24, 2.45) is 0 Å². The van der Waals surface area contributed by atoms with Crippen LogP contribution in [0.3, 0.4) is 0 Å². The molecule has 1 aromatic carbocycles. The van der Waals surface area contributed by atoms with Crippen molar-refractivity contribution in [1.29, 1.82) is 0 Å². The van der Waals surface area contributed by atoms with Crippen LogP contribution in [0.2, 0.25) is 5.02 Å². The molecule has 0 aliphatic rings. The molecule has 2 rings (SSSR count). The fraction of sp³-hybridized carbons (Fsp3) is 0. The van der Waals surface area contributed by atoms with Gasteiger partial charge in [0.05, 0.1) is 0 Å². The number of benzene rings is 1. The standard InChI is InChI=1S/C14H10ClNO/c15-13-5-3-11(4-6-13)14(7-9-17)12-2-1-8-16-10-12/h1-10H/b14-7-. The van der Waals surface area contributed by atoms with Gasteiger partial charge in [-0.15, -0.1) is 0 Å². The zero-order chi connectivity index (χ0) is 12.1. The highest BCUT2D eigenvalue weighted by atomic mass is 35.5. The number of aldehydes is 1. The molecule has 1 heterocycles. The molecule has 0 aliphatic heterocycles. The number of hydrogen-bond acceptors (Lipinski definition) is 2. The van der Waals surface area contributed by atoms with Crippen LogP contribution in [0, 0.1) is 0 Å². The summed E-state index contributed by atoms with van der Waals surface area (Å²) in [6.45, 7) is 0. The van der Waals surface area contributed by atoms with Gasteiger partial charge in [-0.05, 0) is 35.4 Å². The van der Waals surface area contributed by atoms with E-state index in [2.05, 4.69) is 4.98 Å². The Morgan fingerprint density at radius 1 is 1.12 bits per heavy atom. The Morgan fingerprint density at radius 3 is 2.47 bits per heavy atom. The number of carbonyl (C=O) groups excluding carboxylic acids is 1. The van der Waals surface area contributed by atoms with Gasteiger partial charge < -0.3 is 0 Å². The summed E-state index contributed by atoms with van der Waals surface area (Å²) in [5.74, 6) is 0. The summed E-state index contributed by atoms with van der Waals surface area (Å²) in [6.07, 6.45) is 5.73. The number of pyridine rings is 1. The van der Waals surface area contributed by atoms with E-state index >= 15 is 0 Å². The Balaban J connectivity index is 2.47. The van der Waals surface area contributed by atoms with Crippen LogP contribution in [0.5, 0.6) is 0 Å². The highest BCUT2D eigenvalue weighted by Gasteiger charge is 2.04. The fourth-order valence-corrected chi connectivity index (χ4v) is 1.70. The molecule has 0 amide bonds. The summed E-state index contributed by atoms with van der Waals surface area (Å²) >= 11 is 5.84. The maximum atomic E-state index is 10.7. The van der Waals surface area contributed by atoms with Gasteiger partial charge in [0.1, 0.15) is 6.29 Å². The molecule has 0 spiro atoms. The minimum Gasteiger partial charge on any atom is -0.299 e. The predicted octanol–water partition coefficient (Wildman–Crippen LogP) is 3.37. The molecule has 0 N–H and O–H groups in total. The summed E-state index contributed by atoms with van der Waals surface area (Å²) in [5, 5.41) is 0.672. The monoisotopic (exact) mass is 243 g/mol. The first kappa shape index (κ1) is 11.6. The van der Waals surface area contributed by atoms with Gasteiger partial charge in [-0.25, -0.2) is 0 Å². The SMILES string of the molecule is O=C/C=C(/c1ccc(Cl)cc1)c1cccnc1. The summed E-state index contributed by atoms with van der Waals surface area (Å²) in [6, 6.07) is 11.1. The third-order valence-electron chi connectivity index (χ3n) is 2.36. The Bertz CT molecular complexity index is 532. The van der Waals surface area contributed by atoms with E-state index in [1.807, 2.05) is 24.3 Å². The Hall–Kier alpha value is -1.93. The fourth-order valence-electron chi connectivity index (χ4n) is 1.58. The minimum absolute atomic E-state index is 0.672. The van der Waals surface area contributed by atoms with Crippen molar-refractivity contribution >= 4 is 23.5 Å². The van der Waals surface area contributed by atoms with Crippen molar-refractivity contribution in [3.05, 3.63) is 71.0 Å². The number of halogens is 1. The van der Waals surface area contributed by atoms with Gasteiger partial charge in [-0.1, -0.05) is 29.8 Å². The molecule has 2 nitrogen and oxygen atoms in total. The molecule has 0 atom stereocenters. The molecule has 0 fully saturated rings. The van der Waals surface area contributed by atoms with Crippen molar-refractivity contribution < 1.29 is 4.79 Å². The van der Waals surface area contributed by atoms with E-state index in [0.29, 0.717) is 5.02 Å². The van der Waals surface area contributed by atoms with Crippen LogP contribution in [0.4, 0.5) is 0 Å². The molecule has 0 bridgehead atoms. The number of nitrogens with zero attached hydrogens (tertiary/aromatic N) is 1. The normalized spacial score (nSPS) is 11.2. The molecule has 0 radical (unpaired) electrons. The van der Waals surface area contributed by atoms with Gasteiger partial charge in [0.2, 0.25) is 0 Å². The van der Waals surface area contributed by atoms with Crippen LogP contribution in [0.15, 0.2) is 54.9 Å². The van der Waals surface area contributed by atoms with Crippen LogP contribution < -0.4 is 0 Å². The lowest BCUT2D eigenvalue weighted by molar-refractivity contribution is -0.104. The van der Waals surface area contributed by atoms with Crippen molar-refractivity contribution in [3.8, 4) is 0 Å². The maximum absolute atomic E-state index is 10.7. The average Bonchev–Trinajstić information content (AvgIpc) is 2.38. The molecule has 0 unspecified atom stereocenters. The molecule has 0 aliphatic carbocycles. The third kappa shape index (κ3) is 2.80. The van der Waals surface area contributed by atoms with Gasteiger partial charge in [0, 0.05) is 23.0 Å². The first-order chi connectivity index (χ1) is 8.31. The predicted molar refractivity (Wildman–Crippen MR) is 68.8 cm³/mol. The van der Waals surface area contributed by atoms with E-state index in [1.54, 1.807) is 24.5 Å². The highest BCUT2D eigenvalue weighted by molar-refractivity contribution is 6.30. The summed E-state index contributed by atoms with van der Waals surface area (Å²) < 4.78 is 0. The Morgan fingerprint density at radius 2 is 1.88 bits per heavy atom. The first-order valence-electron chi connectivity index (χ1n) is 5.13. The molecular formula is C14H10ClNO. The van der Waals surface area contributed by atoms with Gasteiger partial charge in [-0.2, -0.15) is 0 Å². The lowest BCUT2D eigenvalue weighted by atomic mass is 9.99. The second kappa shape index (κ2) is 5.41. The van der Waals surface area contributed by atoms with Crippen LogP contribution in [0.1, 0.15) is 11.1 Å². The molecule has 84 valence electrons. The molecule has 0 saturated carbocycles. The maximum Gasteiger partial charge on any atom is 0.143 e. The topological polar surface area (TPSA) is 30.0 Å². The minimum atomic E-state index is 0.672. The highest BCUT2D eigenvalue weighted by Crippen LogP contribution is 2.23. The van der Waals surface area contributed by atoms with Crippen LogP contribution in [-0.2, 0) is 4.79 Å². The summed E-state index contributed by atoms with van der Waals surface area (Å²) in [4.78, 5) is 14.8. The van der Waals surface area contributed by atoms with E-state index in [-0.39, 0.29) is 0 Å². The molecule has 0 saturated heterocycles. The van der Waals surface area contributed by atoms with E-state index in [9.17, 15) is 4.79 Å². The number of allylic oxidation sites excluding steroid dienone is 1. The molecule has 2 aromatic rings. The lowest BCUT2D eigenvalue weighted by Crippen LogP contribution is -1.89. The smallest absolute Gasteiger partial charge is 0.143 e. The van der Waals surface area contributed by atoms with E-state index in [0.717, 1.165) is 23.0 Å². The first-order valence-corrected chi connectivity index (χ1v) is 5.51. The van der Waals surface area contributed by atoms with E-state index in [1.165, 1.54) is 6.08 Å². The van der Waals surface area contributed by atoms with E-state index in [4.69, 9.17) is 11.6 Å². The molecular weight excluding hydrogens is 234 g/mol. The third-order valence-corrected chi connectivity index (χ3v) is 2.61. The molecule has 1 aromatic heterocycles. The van der Waals surface area contributed by atoms with Crippen molar-refractivity contribution in [1.82, 2.24) is 4.98 Å². The lowest BCUT2D eigenvalue weighted by Gasteiger charge is -2.06. The van der Waals surface area contributed by atoms with Gasteiger partial charge in [0.15, 0.2) is 0 Å². The van der Waals surface area contributed by atoms with Crippen molar-refractivity contribution in [2.45, 2.75) is 0 Å². The van der Waals surface area contributed by atoms with Crippen LogP contribution in [0.25, 0.3) is 5.57 Å². The van der Waals surface area contributed by atoms with Crippen molar-refractivity contribution in [3.63, 3.8) is 0 Å². The Labute approximate surface area is 105 Å². The van der Waals surface area contributed by atoms with Gasteiger partial charge >= 0.3 is 0 Å². The van der Waals surface area contributed by atoms with Gasteiger partial charge in [-0.3, -0.25) is 9.78 Å². The van der Waals surface area contributed by atoms with Crippen molar-refractivity contribution in [2.75, 3.05) is 0 Å². The molecule has 17 heavy (non-hydrogen) atoms. The number of hydrogen-bond donors (Lipinski definition) is 0. The second-order valence-corrected chi connectivity index (χ2v) is 3.90. The van der Waals surface area contributed by atoms with Crippen LogP contribution in [-0.4, -0.2) is 11.3 Å². The largest absolute Gasteiger partial charge is 0.299 e.